The maximum Gasteiger partial charge on any atom is 0.239 e. The van der Waals surface area contributed by atoms with Crippen LogP contribution in [0.3, 0.4) is 0 Å². The van der Waals surface area contributed by atoms with Crippen LogP contribution in [0.1, 0.15) is 64.7 Å². The zero-order valence-electron chi connectivity index (χ0n) is 16.0. The number of likely N-dealkylation sites (tertiary alicyclic amines) is 1. The van der Waals surface area contributed by atoms with Crippen molar-refractivity contribution >= 4 is 5.91 Å². The van der Waals surface area contributed by atoms with Crippen LogP contribution in [0.15, 0.2) is 0 Å². The largest absolute Gasteiger partial charge is 0.352 e. The highest BCUT2D eigenvalue weighted by Crippen LogP contribution is 2.38. The number of carbonyl (C=O) groups is 1. The predicted octanol–water partition coefficient (Wildman–Crippen LogP) is 2.56. The Morgan fingerprint density at radius 3 is 2.73 bits per heavy atom. The van der Waals surface area contributed by atoms with E-state index in [1.807, 2.05) is 0 Å². The highest BCUT2D eigenvalue weighted by atomic mass is 19.1. The molecule has 2 aliphatic heterocycles. The highest BCUT2D eigenvalue weighted by molar-refractivity contribution is 5.82. The van der Waals surface area contributed by atoms with E-state index < -0.39 is 12.2 Å². The molecule has 0 aromatic carbocycles. The third kappa shape index (κ3) is 3.92. The number of hydrogen-bond donors (Lipinski definition) is 2. The first-order valence-electron chi connectivity index (χ1n) is 10.7. The monoisotopic (exact) mass is 367 g/mol. The first kappa shape index (κ1) is 18.6. The van der Waals surface area contributed by atoms with Gasteiger partial charge < -0.3 is 10.2 Å². The summed E-state index contributed by atoms with van der Waals surface area (Å²) in [6, 6.07) is 0.436. The standard InChI is InChI=1S/C20H34FN3O2/c1-13-7-8-17(21)16-12-18(23-26-19(13)16)20(25)22-14-5-4-6-15(11-14)24-9-2-3-10-24/h13-19,23H,2-12H2,1H3,(H,22,25). The zero-order valence-corrected chi connectivity index (χ0v) is 16.0. The number of hydroxylamine groups is 1. The van der Waals surface area contributed by atoms with Gasteiger partial charge in [-0.2, -0.15) is 5.48 Å². The smallest absolute Gasteiger partial charge is 0.239 e. The van der Waals surface area contributed by atoms with Crippen molar-refractivity contribution in [1.82, 2.24) is 15.7 Å². The van der Waals surface area contributed by atoms with Gasteiger partial charge in [0.2, 0.25) is 5.91 Å². The van der Waals surface area contributed by atoms with Gasteiger partial charge in [-0.05, 0) is 76.8 Å². The fraction of sp³-hybridized carbons (Fsp3) is 0.950. The molecule has 0 aromatic rings. The van der Waals surface area contributed by atoms with Crippen LogP contribution in [0.4, 0.5) is 4.39 Å². The summed E-state index contributed by atoms with van der Waals surface area (Å²) in [7, 11) is 0. The van der Waals surface area contributed by atoms with Gasteiger partial charge in [0.15, 0.2) is 0 Å². The highest BCUT2D eigenvalue weighted by Gasteiger charge is 2.45. The quantitative estimate of drug-likeness (QED) is 0.805. The molecule has 0 bridgehead atoms. The summed E-state index contributed by atoms with van der Waals surface area (Å²) in [5.74, 6) is 0.184. The van der Waals surface area contributed by atoms with Crippen molar-refractivity contribution in [3.05, 3.63) is 0 Å². The number of fused-ring (bicyclic) bond motifs is 1. The lowest BCUT2D eigenvalue weighted by molar-refractivity contribution is -0.172. The Bertz CT molecular complexity index is 499. The minimum Gasteiger partial charge on any atom is -0.352 e. The summed E-state index contributed by atoms with van der Waals surface area (Å²) in [4.78, 5) is 21.1. The van der Waals surface area contributed by atoms with E-state index in [1.165, 1.54) is 38.8 Å². The molecule has 7 unspecified atom stereocenters. The predicted molar refractivity (Wildman–Crippen MR) is 98.2 cm³/mol. The van der Waals surface area contributed by atoms with Crippen molar-refractivity contribution in [2.75, 3.05) is 13.1 Å². The lowest BCUT2D eigenvalue weighted by atomic mass is 9.75. The summed E-state index contributed by atoms with van der Waals surface area (Å²) >= 11 is 0. The Hall–Kier alpha value is -0.720. The zero-order chi connectivity index (χ0) is 18.1. The number of halogens is 1. The Balaban J connectivity index is 1.30. The van der Waals surface area contributed by atoms with Crippen LogP contribution in [0.25, 0.3) is 0 Å². The summed E-state index contributed by atoms with van der Waals surface area (Å²) in [6.45, 7) is 4.54. The van der Waals surface area contributed by atoms with E-state index >= 15 is 0 Å². The Morgan fingerprint density at radius 2 is 1.92 bits per heavy atom. The van der Waals surface area contributed by atoms with Gasteiger partial charge in [-0.3, -0.25) is 9.63 Å². The third-order valence-electron chi connectivity index (χ3n) is 7.17. The molecule has 2 heterocycles. The molecule has 2 N–H and O–H groups in total. The first-order chi connectivity index (χ1) is 12.6. The second-order valence-electron chi connectivity index (χ2n) is 8.99. The normalized spacial score (nSPS) is 44.5. The maximum atomic E-state index is 14.4. The molecule has 5 nitrogen and oxygen atoms in total. The molecule has 1 amide bonds. The number of carbonyl (C=O) groups excluding carboxylic acids is 1. The van der Waals surface area contributed by atoms with Gasteiger partial charge in [-0.25, -0.2) is 4.39 Å². The van der Waals surface area contributed by atoms with Gasteiger partial charge in [0.05, 0.1) is 6.10 Å². The van der Waals surface area contributed by atoms with Gasteiger partial charge in [0, 0.05) is 18.0 Å². The number of nitrogens with one attached hydrogen (secondary N) is 2. The molecule has 6 heteroatoms. The van der Waals surface area contributed by atoms with Crippen LogP contribution < -0.4 is 10.8 Å². The molecule has 26 heavy (non-hydrogen) atoms. The van der Waals surface area contributed by atoms with Crippen LogP contribution in [0.2, 0.25) is 0 Å². The summed E-state index contributed by atoms with van der Waals surface area (Å²) in [6.07, 6.45) is 8.21. The minimum absolute atomic E-state index is 0.0130. The fourth-order valence-electron chi connectivity index (χ4n) is 5.59. The molecular formula is C20H34FN3O2. The third-order valence-corrected chi connectivity index (χ3v) is 7.17. The number of hydrogen-bond acceptors (Lipinski definition) is 4. The van der Waals surface area contributed by atoms with Crippen molar-refractivity contribution < 1.29 is 14.0 Å². The number of nitrogens with zero attached hydrogens (tertiary/aromatic N) is 1. The second-order valence-corrected chi connectivity index (χ2v) is 8.99. The molecule has 4 fully saturated rings. The summed E-state index contributed by atoms with van der Waals surface area (Å²) in [5.41, 5.74) is 2.94. The average molecular weight is 368 g/mol. The number of alkyl halides is 1. The van der Waals surface area contributed by atoms with Crippen molar-refractivity contribution in [3.8, 4) is 0 Å². The van der Waals surface area contributed by atoms with Crippen molar-refractivity contribution in [1.29, 1.82) is 0 Å². The molecule has 2 aliphatic carbocycles. The first-order valence-corrected chi connectivity index (χ1v) is 10.7. The summed E-state index contributed by atoms with van der Waals surface area (Å²) in [5, 5.41) is 3.23. The van der Waals surface area contributed by atoms with Gasteiger partial charge >= 0.3 is 0 Å². The van der Waals surface area contributed by atoms with E-state index in [4.69, 9.17) is 4.84 Å². The summed E-state index contributed by atoms with van der Waals surface area (Å²) < 4.78 is 14.4. The average Bonchev–Trinajstić information content (AvgIpc) is 3.19. The van der Waals surface area contributed by atoms with Crippen molar-refractivity contribution in [2.24, 2.45) is 11.8 Å². The van der Waals surface area contributed by atoms with Gasteiger partial charge in [0.25, 0.3) is 0 Å². The van der Waals surface area contributed by atoms with Crippen LogP contribution in [0, 0.1) is 11.8 Å². The fourth-order valence-corrected chi connectivity index (χ4v) is 5.59. The Morgan fingerprint density at radius 1 is 1.12 bits per heavy atom. The molecular weight excluding hydrogens is 333 g/mol. The number of amides is 1. The van der Waals surface area contributed by atoms with E-state index in [1.54, 1.807) is 0 Å². The van der Waals surface area contributed by atoms with Gasteiger partial charge in [-0.15, -0.1) is 0 Å². The molecule has 4 rings (SSSR count). The molecule has 7 atom stereocenters. The van der Waals surface area contributed by atoms with Crippen molar-refractivity contribution in [3.63, 3.8) is 0 Å². The Kier molecular flexibility index (Phi) is 5.81. The number of rotatable bonds is 3. The molecule has 0 spiro atoms. The SMILES string of the molecule is CC1CCC(F)C2CC(C(=O)NC3CCCC(N4CCCC4)C3)NOC12. The molecule has 2 saturated heterocycles. The van der Waals surface area contributed by atoms with Crippen molar-refractivity contribution in [2.45, 2.75) is 95.1 Å². The maximum absolute atomic E-state index is 14.4. The topological polar surface area (TPSA) is 53.6 Å². The van der Waals surface area contributed by atoms with Gasteiger partial charge in [-0.1, -0.05) is 6.92 Å². The minimum atomic E-state index is -0.845. The van der Waals surface area contributed by atoms with E-state index in [9.17, 15) is 9.18 Å². The molecule has 0 radical (unpaired) electrons. The van der Waals surface area contributed by atoms with E-state index in [-0.39, 0.29) is 24.0 Å². The van der Waals surface area contributed by atoms with Crippen LogP contribution in [-0.4, -0.2) is 54.3 Å². The van der Waals surface area contributed by atoms with Crippen LogP contribution in [0.5, 0.6) is 0 Å². The lowest BCUT2D eigenvalue weighted by Gasteiger charge is -2.44. The molecule has 2 saturated carbocycles. The lowest BCUT2D eigenvalue weighted by Crippen LogP contribution is -2.58. The molecule has 4 aliphatic rings. The van der Waals surface area contributed by atoms with E-state index in [0.717, 1.165) is 19.3 Å². The van der Waals surface area contributed by atoms with Crippen LogP contribution in [-0.2, 0) is 9.63 Å². The molecule has 0 aromatic heterocycles. The Labute approximate surface area is 156 Å². The second kappa shape index (κ2) is 8.11. The van der Waals surface area contributed by atoms with Gasteiger partial charge in [0.1, 0.15) is 12.2 Å². The molecule has 148 valence electrons. The van der Waals surface area contributed by atoms with Crippen LogP contribution >= 0.6 is 0 Å². The van der Waals surface area contributed by atoms with E-state index in [2.05, 4.69) is 22.6 Å². The van der Waals surface area contributed by atoms with E-state index in [0.29, 0.717) is 24.8 Å².